The summed E-state index contributed by atoms with van der Waals surface area (Å²) in [4.78, 5) is 16.8. The first-order valence-electron chi connectivity index (χ1n) is 4.16. The van der Waals surface area contributed by atoms with Crippen LogP contribution in [0.5, 0.6) is 0 Å². The SMILES string of the molecule is O=Cc1c[nH]c(-c2cc(F)cc(F)c2)n1. The molecule has 15 heavy (non-hydrogen) atoms. The summed E-state index contributed by atoms with van der Waals surface area (Å²) in [5.41, 5.74) is 0.454. The van der Waals surface area contributed by atoms with Crippen molar-refractivity contribution in [2.45, 2.75) is 0 Å². The smallest absolute Gasteiger partial charge is 0.170 e. The van der Waals surface area contributed by atoms with Gasteiger partial charge in [-0.3, -0.25) is 4.79 Å². The Hall–Kier alpha value is -2.04. The number of nitrogens with zero attached hydrogens (tertiary/aromatic N) is 1. The lowest BCUT2D eigenvalue weighted by atomic mass is 10.2. The summed E-state index contributed by atoms with van der Waals surface area (Å²) in [5.74, 6) is -1.11. The molecule has 0 saturated heterocycles. The van der Waals surface area contributed by atoms with E-state index in [1.54, 1.807) is 0 Å². The Morgan fingerprint density at radius 1 is 1.20 bits per heavy atom. The Labute approximate surface area is 83.8 Å². The van der Waals surface area contributed by atoms with Gasteiger partial charge in [0.25, 0.3) is 0 Å². The molecule has 0 radical (unpaired) electrons. The first kappa shape index (κ1) is 9.51. The van der Waals surface area contributed by atoms with E-state index in [1.807, 2.05) is 0 Å². The van der Waals surface area contributed by atoms with Crippen LogP contribution in [0.25, 0.3) is 11.4 Å². The lowest BCUT2D eigenvalue weighted by Gasteiger charge is -1.97. The molecule has 2 aromatic rings. The fourth-order valence-electron chi connectivity index (χ4n) is 1.23. The summed E-state index contributed by atoms with van der Waals surface area (Å²) >= 11 is 0. The van der Waals surface area contributed by atoms with Gasteiger partial charge in [0, 0.05) is 17.8 Å². The lowest BCUT2D eigenvalue weighted by molar-refractivity contribution is 0.111. The second-order valence-corrected chi connectivity index (χ2v) is 2.95. The van der Waals surface area contributed by atoms with Crippen molar-refractivity contribution in [2.24, 2.45) is 0 Å². The number of halogens is 2. The zero-order chi connectivity index (χ0) is 10.8. The Morgan fingerprint density at radius 2 is 1.87 bits per heavy atom. The molecular weight excluding hydrogens is 202 g/mol. The molecule has 5 heteroatoms. The normalized spacial score (nSPS) is 10.3. The van der Waals surface area contributed by atoms with Gasteiger partial charge in [-0.1, -0.05) is 0 Å². The maximum absolute atomic E-state index is 12.9. The molecule has 3 nitrogen and oxygen atoms in total. The van der Waals surface area contributed by atoms with E-state index in [0.29, 0.717) is 6.29 Å². The number of benzene rings is 1. The highest BCUT2D eigenvalue weighted by atomic mass is 19.1. The van der Waals surface area contributed by atoms with Crippen LogP contribution in [0.2, 0.25) is 0 Å². The highest BCUT2D eigenvalue weighted by Crippen LogP contribution is 2.18. The Balaban J connectivity index is 2.48. The quantitative estimate of drug-likeness (QED) is 0.768. The van der Waals surface area contributed by atoms with Crippen LogP contribution >= 0.6 is 0 Å². The number of carbonyl (C=O) groups excluding carboxylic acids is 1. The predicted octanol–water partition coefficient (Wildman–Crippen LogP) is 2.17. The first-order chi connectivity index (χ1) is 7.19. The molecule has 1 aromatic carbocycles. The molecule has 0 spiro atoms. The Bertz CT molecular complexity index is 488. The predicted molar refractivity (Wildman–Crippen MR) is 49.3 cm³/mol. The number of imidazole rings is 1. The molecule has 0 bridgehead atoms. The van der Waals surface area contributed by atoms with E-state index in [1.165, 1.54) is 6.20 Å². The van der Waals surface area contributed by atoms with E-state index in [4.69, 9.17) is 0 Å². The number of hydrogen-bond donors (Lipinski definition) is 1. The fourth-order valence-corrected chi connectivity index (χ4v) is 1.23. The highest BCUT2D eigenvalue weighted by Gasteiger charge is 2.06. The largest absolute Gasteiger partial charge is 0.344 e. The van der Waals surface area contributed by atoms with Gasteiger partial charge in [0.05, 0.1) is 0 Å². The third-order valence-corrected chi connectivity index (χ3v) is 1.85. The van der Waals surface area contributed by atoms with Crippen molar-refractivity contribution in [3.05, 3.63) is 41.7 Å². The van der Waals surface area contributed by atoms with E-state index >= 15 is 0 Å². The number of H-pyrrole nitrogens is 1. The van der Waals surface area contributed by atoms with Gasteiger partial charge in [-0.15, -0.1) is 0 Å². The highest BCUT2D eigenvalue weighted by molar-refractivity contribution is 5.73. The van der Waals surface area contributed by atoms with Crippen molar-refractivity contribution < 1.29 is 13.6 Å². The molecule has 0 unspecified atom stereocenters. The average molecular weight is 208 g/mol. The van der Waals surface area contributed by atoms with Gasteiger partial charge in [-0.05, 0) is 12.1 Å². The summed E-state index contributed by atoms with van der Waals surface area (Å²) in [6.07, 6.45) is 1.92. The zero-order valence-corrected chi connectivity index (χ0v) is 7.50. The number of rotatable bonds is 2. The van der Waals surface area contributed by atoms with Gasteiger partial charge in [0.15, 0.2) is 6.29 Å². The Morgan fingerprint density at radius 3 is 2.40 bits per heavy atom. The number of hydrogen-bond acceptors (Lipinski definition) is 2. The van der Waals surface area contributed by atoms with Gasteiger partial charge in [-0.25, -0.2) is 13.8 Å². The van der Waals surface area contributed by atoms with Gasteiger partial charge >= 0.3 is 0 Å². The molecule has 0 aliphatic carbocycles. The lowest BCUT2D eigenvalue weighted by Crippen LogP contribution is -1.86. The maximum atomic E-state index is 12.9. The second-order valence-electron chi connectivity index (χ2n) is 2.95. The molecule has 2 rings (SSSR count). The van der Waals surface area contributed by atoms with Gasteiger partial charge in [-0.2, -0.15) is 0 Å². The monoisotopic (exact) mass is 208 g/mol. The second kappa shape index (κ2) is 3.61. The van der Waals surface area contributed by atoms with E-state index in [9.17, 15) is 13.6 Å². The van der Waals surface area contributed by atoms with E-state index in [2.05, 4.69) is 9.97 Å². The van der Waals surface area contributed by atoms with Crippen LogP contribution in [-0.2, 0) is 0 Å². The fraction of sp³-hybridized carbons (Fsp3) is 0. The van der Waals surface area contributed by atoms with Crippen LogP contribution in [0.3, 0.4) is 0 Å². The molecule has 0 aliphatic heterocycles. The average Bonchev–Trinajstić information content (AvgIpc) is 2.64. The molecule has 0 fully saturated rings. The standard InChI is InChI=1S/C10H6F2N2O/c11-7-1-6(2-8(12)3-7)10-13-4-9(5-15)14-10/h1-5H,(H,13,14). The van der Waals surface area contributed by atoms with Crippen LogP contribution in [0.1, 0.15) is 10.5 Å². The topological polar surface area (TPSA) is 45.8 Å². The first-order valence-corrected chi connectivity index (χ1v) is 4.16. The van der Waals surface area contributed by atoms with Crippen molar-refractivity contribution in [1.82, 2.24) is 9.97 Å². The molecule has 1 N–H and O–H groups in total. The van der Waals surface area contributed by atoms with Crippen LogP contribution in [0.4, 0.5) is 8.78 Å². The van der Waals surface area contributed by atoms with Crippen LogP contribution in [0.15, 0.2) is 24.4 Å². The minimum Gasteiger partial charge on any atom is -0.344 e. The van der Waals surface area contributed by atoms with E-state index < -0.39 is 11.6 Å². The van der Waals surface area contributed by atoms with E-state index in [-0.39, 0.29) is 17.1 Å². The number of aromatic amines is 1. The zero-order valence-electron chi connectivity index (χ0n) is 7.50. The molecule has 1 aromatic heterocycles. The van der Waals surface area contributed by atoms with Crippen LogP contribution in [-0.4, -0.2) is 16.3 Å². The molecule has 0 saturated carbocycles. The minimum absolute atomic E-state index is 0.190. The van der Waals surface area contributed by atoms with Crippen molar-refractivity contribution in [3.8, 4) is 11.4 Å². The summed E-state index contributed by atoms with van der Waals surface area (Å²) in [7, 11) is 0. The number of aldehydes is 1. The molecular formula is C10H6F2N2O. The third kappa shape index (κ3) is 1.90. The van der Waals surface area contributed by atoms with Gasteiger partial charge in [0.1, 0.15) is 23.2 Å². The van der Waals surface area contributed by atoms with Crippen molar-refractivity contribution >= 4 is 6.29 Å². The maximum Gasteiger partial charge on any atom is 0.170 e. The van der Waals surface area contributed by atoms with Crippen LogP contribution in [0, 0.1) is 11.6 Å². The van der Waals surface area contributed by atoms with Crippen molar-refractivity contribution in [2.75, 3.05) is 0 Å². The molecule has 1 heterocycles. The van der Waals surface area contributed by atoms with Crippen molar-refractivity contribution in [1.29, 1.82) is 0 Å². The number of nitrogens with one attached hydrogen (secondary N) is 1. The molecule has 0 aliphatic rings. The molecule has 76 valence electrons. The van der Waals surface area contributed by atoms with Crippen LogP contribution < -0.4 is 0 Å². The van der Waals surface area contributed by atoms with Crippen molar-refractivity contribution in [3.63, 3.8) is 0 Å². The summed E-state index contributed by atoms with van der Waals surface area (Å²) in [6, 6.07) is 3.04. The molecule has 0 amide bonds. The summed E-state index contributed by atoms with van der Waals surface area (Å²) in [5, 5.41) is 0. The summed E-state index contributed by atoms with van der Waals surface area (Å²) < 4.78 is 25.7. The van der Waals surface area contributed by atoms with Gasteiger partial charge < -0.3 is 4.98 Å². The number of carbonyl (C=O) groups is 1. The third-order valence-electron chi connectivity index (χ3n) is 1.85. The molecule has 0 atom stereocenters. The number of aromatic nitrogens is 2. The summed E-state index contributed by atoms with van der Waals surface area (Å²) in [6.45, 7) is 0. The minimum atomic E-state index is -0.686. The van der Waals surface area contributed by atoms with E-state index in [0.717, 1.165) is 18.2 Å². The van der Waals surface area contributed by atoms with Gasteiger partial charge in [0.2, 0.25) is 0 Å². The Kier molecular flexibility index (Phi) is 2.29.